The van der Waals surface area contributed by atoms with Crippen molar-refractivity contribution in [3.63, 3.8) is 0 Å². The Morgan fingerprint density at radius 1 is 1.37 bits per heavy atom. The standard InChI is InChI=1S/C9H11ClO2.C9H14N2O.C3H6/c1-3-12-9-5-4-7(11-2)6-8(9)10;1-10-6-8-5-9(12-11-8)7-3-2-4-7;1-3-2/h4-6H,3H2,1-2H3;5,7,10H,2-4,6H2,1H3;3H,1H2,2H3. The van der Waals surface area contributed by atoms with E-state index in [9.17, 15) is 0 Å². The number of benzene rings is 1. The van der Waals surface area contributed by atoms with Crippen LogP contribution >= 0.6 is 11.6 Å². The molecule has 1 aliphatic rings. The van der Waals surface area contributed by atoms with Gasteiger partial charge in [0.05, 0.1) is 24.4 Å². The van der Waals surface area contributed by atoms with Gasteiger partial charge in [0.25, 0.3) is 0 Å². The van der Waals surface area contributed by atoms with Crippen LogP contribution in [0.1, 0.15) is 50.5 Å². The molecule has 1 N–H and O–H groups in total. The van der Waals surface area contributed by atoms with Crippen LogP contribution in [0.2, 0.25) is 5.02 Å². The van der Waals surface area contributed by atoms with Gasteiger partial charge >= 0.3 is 0 Å². The number of hydrogen-bond donors (Lipinski definition) is 1. The molecule has 1 fully saturated rings. The predicted molar refractivity (Wildman–Crippen MR) is 111 cm³/mol. The van der Waals surface area contributed by atoms with Crippen LogP contribution in [-0.2, 0) is 6.54 Å². The summed E-state index contributed by atoms with van der Waals surface area (Å²) in [6.45, 7) is 8.59. The normalized spacial score (nSPS) is 12.6. The maximum Gasteiger partial charge on any atom is 0.140 e. The van der Waals surface area contributed by atoms with Crippen molar-refractivity contribution in [1.29, 1.82) is 0 Å². The second-order valence-electron chi connectivity index (χ2n) is 6.02. The number of nitrogens with zero attached hydrogens (tertiary/aromatic N) is 1. The van der Waals surface area contributed by atoms with E-state index in [1.165, 1.54) is 19.3 Å². The van der Waals surface area contributed by atoms with Gasteiger partial charge in [-0.1, -0.05) is 29.3 Å². The number of nitrogens with one attached hydrogen (secondary N) is 1. The molecule has 1 heterocycles. The molecule has 6 heteroatoms. The van der Waals surface area contributed by atoms with Crippen molar-refractivity contribution in [2.45, 2.75) is 45.6 Å². The van der Waals surface area contributed by atoms with E-state index in [4.69, 9.17) is 25.6 Å². The Morgan fingerprint density at radius 2 is 2.07 bits per heavy atom. The van der Waals surface area contributed by atoms with Gasteiger partial charge in [0.15, 0.2) is 0 Å². The molecule has 2 aromatic rings. The second kappa shape index (κ2) is 13.2. The van der Waals surface area contributed by atoms with Gasteiger partial charge < -0.3 is 19.3 Å². The zero-order valence-corrected chi connectivity index (χ0v) is 17.5. The molecule has 0 amide bonds. The molecule has 150 valence electrons. The Hall–Kier alpha value is -1.98. The highest BCUT2D eigenvalue weighted by Gasteiger charge is 2.23. The third kappa shape index (κ3) is 8.06. The first kappa shape index (κ1) is 23.1. The maximum atomic E-state index is 5.88. The summed E-state index contributed by atoms with van der Waals surface area (Å²) < 4.78 is 15.5. The second-order valence-corrected chi connectivity index (χ2v) is 6.42. The molecule has 0 bridgehead atoms. The summed E-state index contributed by atoms with van der Waals surface area (Å²) in [6.07, 6.45) is 5.63. The predicted octanol–water partition coefficient (Wildman–Crippen LogP) is 5.60. The molecule has 27 heavy (non-hydrogen) atoms. The monoisotopic (exact) mass is 394 g/mol. The average Bonchev–Trinajstić information content (AvgIpc) is 3.05. The summed E-state index contributed by atoms with van der Waals surface area (Å²) in [5.41, 5.74) is 1.01. The minimum Gasteiger partial charge on any atom is -0.497 e. The number of allylic oxidation sites excluding steroid dienone is 1. The number of methoxy groups -OCH3 is 1. The van der Waals surface area contributed by atoms with Crippen molar-refractivity contribution in [3.05, 3.63) is 53.4 Å². The van der Waals surface area contributed by atoms with E-state index in [-0.39, 0.29) is 0 Å². The summed E-state index contributed by atoms with van der Waals surface area (Å²) in [7, 11) is 3.52. The Kier molecular flexibility index (Phi) is 11.3. The van der Waals surface area contributed by atoms with Crippen LogP contribution in [0.5, 0.6) is 11.5 Å². The van der Waals surface area contributed by atoms with Crippen LogP contribution in [-0.4, -0.2) is 25.9 Å². The highest BCUT2D eigenvalue weighted by atomic mass is 35.5. The van der Waals surface area contributed by atoms with Crippen molar-refractivity contribution >= 4 is 11.6 Å². The lowest BCUT2D eigenvalue weighted by Gasteiger charge is -2.21. The van der Waals surface area contributed by atoms with Crippen molar-refractivity contribution in [1.82, 2.24) is 10.5 Å². The molecule has 1 aliphatic carbocycles. The molecular formula is C21H31ClN2O3. The van der Waals surface area contributed by atoms with Crippen LogP contribution < -0.4 is 14.8 Å². The summed E-state index contributed by atoms with van der Waals surface area (Å²) in [5, 5.41) is 7.60. The van der Waals surface area contributed by atoms with Crippen LogP contribution in [0.15, 0.2) is 41.4 Å². The van der Waals surface area contributed by atoms with E-state index in [1.807, 2.05) is 27.0 Å². The van der Waals surface area contributed by atoms with Gasteiger partial charge in [0.1, 0.15) is 17.3 Å². The largest absolute Gasteiger partial charge is 0.497 e. The molecule has 1 aromatic carbocycles. The topological polar surface area (TPSA) is 56.5 Å². The lowest BCUT2D eigenvalue weighted by atomic mass is 9.83. The zero-order chi connectivity index (χ0) is 20.1. The molecule has 1 aromatic heterocycles. The van der Waals surface area contributed by atoms with E-state index in [2.05, 4.69) is 23.1 Å². The van der Waals surface area contributed by atoms with Gasteiger partial charge in [-0.05, 0) is 45.9 Å². The SMILES string of the molecule is C=CC.CCOc1ccc(OC)cc1Cl.CNCc1cc(C2CCC2)on1. The average molecular weight is 395 g/mol. The third-order valence-corrected chi connectivity index (χ3v) is 4.18. The van der Waals surface area contributed by atoms with E-state index in [0.717, 1.165) is 23.7 Å². The first-order valence-corrected chi connectivity index (χ1v) is 9.60. The number of halogens is 1. The summed E-state index contributed by atoms with van der Waals surface area (Å²) in [6, 6.07) is 7.41. The van der Waals surface area contributed by atoms with Crippen LogP contribution in [0.25, 0.3) is 0 Å². The molecule has 0 spiro atoms. The first-order valence-electron chi connectivity index (χ1n) is 9.22. The molecule has 3 rings (SSSR count). The minimum atomic E-state index is 0.580. The summed E-state index contributed by atoms with van der Waals surface area (Å²) in [4.78, 5) is 0. The van der Waals surface area contributed by atoms with Gasteiger partial charge in [0, 0.05) is 24.6 Å². The molecule has 0 saturated heterocycles. The molecule has 1 saturated carbocycles. The number of aromatic nitrogens is 1. The first-order chi connectivity index (χ1) is 13.1. The smallest absolute Gasteiger partial charge is 0.140 e. The van der Waals surface area contributed by atoms with E-state index in [1.54, 1.807) is 25.3 Å². The lowest BCUT2D eigenvalue weighted by Crippen LogP contribution is -2.07. The minimum absolute atomic E-state index is 0.580. The highest BCUT2D eigenvalue weighted by molar-refractivity contribution is 6.32. The summed E-state index contributed by atoms with van der Waals surface area (Å²) in [5.74, 6) is 3.16. The fraction of sp³-hybridized carbons (Fsp3) is 0.476. The Balaban J connectivity index is 0.000000236. The Labute approximate surface area is 167 Å². The zero-order valence-electron chi connectivity index (χ0n) is 16.8. The fourth-order valence-electron chi connectivity index (χ4n) is 2.36. The lowest BCUT2D eigenvalue weighted by molar-refractivity contribution is 0.298. The van der Waals surface area contributed by atoms with Gasteiger partial charge in [-0.3, -0.25) is 0 Å². The van der Waals surface area contributed by atoms with Gasteiger partial charge in [-0.2, -0.15) is 0 Å². The number of rotatable bonds is 6. The summed E-state index contributed by atoms with van der Waals surface area (Å²) >= 11 is 5.88. The van der Waals surface area contributed by atoms with Crippen LogP contribution in [0.4, 0.5) is 0 Å². The maximum absolute atomic E-state index is 5.88. The van der Waals surface area contributed by atoms with Gasteiger partial charge in [0.2, 0.25) is 0 Å². The van der Waals surface area contributed by atoms with E-state index < -0.39 is 0 Å². The van der Waals surface area contributed by atoms with Crippen molar-refractivity contribution in [2.75, 3.05) is 20.8 Å². The highest BCUT2D eigenvalue weighted by Crippen LogP contribution is 2.36. The Bertz CT molecular complexity index is 669. The number of ether oxygens (including phenoxy) is 2. The molecule has 5 nitrogen and oxygen atoms in total. The quantitative estimate of drug-likeness (QED) is 0.646. The fourth-order valence-corrected chi connectivity index (χ4v) is 2.58. The van der Waals surface area contributed by atoms with Crippen molar-refractivity contribution in [2.24, 2.45) is 0 Å². The molecule has 0 aliphatic heterocycles. The molecule has 0 radical (unpaired) electrons. The van der Waals surface area contributed by atoms with Gasteiger partial charge in [-0.15, -0.1) is 6.58 Å². The van der Waals surface area contributed by atoms with E-state index >= 15 is 0 Å². The third-order valence-electron chi connectivity index (χ3n) is 3.88. The molecule has 0 unspecified atom stereocenters. The Morgan fingerprint density at radius 3 is 2.56 bits per heavy atom. The van der Waals surface area contributed by atoms with E-state index in [0.29, 0.717) is 23.3 Å². The number of hydrogen-bond acceptors (Lipinski definition) is 5. The van der Waals surface area contributed by atoms with Crippen molar-refractivity contribution in [3.8, 4) is 11.5 Å². The van der Waals surface area contributed by atoms with Gasteiger partial charge in [-0.25, -0.2) is 0 Å². The van der Waals surface area contributed by atoms with Crippen LogP contribution in [0, 0.1) is 0 Å². The van der Waals surface area contributed by atoms with Crippen LogP contribution in [0.3, 0.4) is 0 Å². The van der Waals surface area contributed by atoms with Crippen molar-refractivity contribution < 1.29 is 14.0 Å². The molecule has 0 atom stereocenters. The molecular weight excluding hydrogens is 364 g/mol.